The van der Waals surface area contributed by atoms with Crippen LogP contribution in [-0.4, -0.2) is 26.9 Å². The molecule has 1 aliphatic rings. The van der Waals surface area contributed by atoms with Crippen LogP contribution in [0.2, 0.25) is 0 Å². The molecule has 0 atom stereocenters. The van der Waals surface area contributed by atoms with Crippen molar-refractivity contribution in [3.05, 3.63) is 23.3 Å². The number of benzene rings is 1. The van der Waals surface area contributed by atoms with Gasteiger partial charge in [0, 0.05) is 22.5 Å². The van der Waals surface area contributed by atoms with Gasteiger partial charge in [0.1, 0.15) is 4.90 Å². The van der Waals surface area contributed by atoms with E-state index in [-0.39, 0.29) is 28.9 Å². The number of hydrogen-bond acceptors (Lipinski definition) is 5. The molecule has 0 unspecified atom stereocenters. The summed E-state index contributed by atoms with van der Waals surface area (Å²) >= 11 is 0. The molecule has 1 N–H and O–H groups in total. The summed E-state index contributed by atoms with van der Waals surface area (Å²) in [7, 11) is 1.49. The van der Waals surface area contributed by atoms with Crippen molar-refractivity contribution in [2.75, 3.05) is 11.9 Å². The normalized spacial score (nSPS) is 16.2. The number of carbonyl (C=O) groups is 2. The lowest BCUT2D eigenvalue weighted by atomic mass is 9.81. The Morgan fingerprint density at radius 3 is 2.62 bits per heavy atom. The zero-order valence-corrected chi connectivity index (χ0v) is 15.4. The zero-order valence-electron chi connectivity index (χ0n) is 13.8. The predicted molar refractivity (Wildman–Crippen MR) is 90.5 cm³/mol. The molecule has 1 amide bonds. The van der Waals surface area contributed by atoms with Crippen LogP contribution in [-0.2, 0) is 36.2 Å². The standard InChI is InChI=1S/C16H20ClNO5S/c1-4-23-13(19)6-5-10-7-11-9-16(2,3)15(20)18-14(11)12(8-10)24(17,21)22/h7-8H,4-6,9H2,1-3H3,(H,18,20). The van der Waals surface area contributed by atoms with Crippen molar-refractivity contribution in [3.8, 4) is 0 Å². The molecule has 1 aromatic carbocycles. The number of amides is 1. The molecule has 0 bridgehead atoms. The van der Waals surface area contributed by atoms with Gasteiger partial charge in [-0.05, 0) is 37.0 Å². The van der Waals surface area contributed by atoms with Crippen LogP contribution in [0.25, 0.3) is 0 Å². The monoisotopic (exact) mass is 373 g/mol. The van der Waals surface area contributed by atoms with Crippen molar-refractivity contribution in [2.45, 2.75) is 44.9 Å². The van der Waals surface area contributed by atoms with Gasteiger partial charge in [-0.2, -0.15) is 0 Å². The Labute approximate surface area is 145 Å². The number of fused-ring (bicyclic) bond motifs is 1. The van der Waals surface area contributed by atoms with Crippen molar-refractivity contribution in [1.29, 1.82) is 0 Å². The third-order valence-electron chi connectivity index (χ3n) is 3.92. The van der Waals surface area contributed by atoms with Gasteiger partial charge >= 0.3 is 5.97 Å². The second kappa shape index (κ2) is 6.72. The minimum absolute atomic E-state index is 0.135. The molecule has 0 saturated heterocycles. The van der Waals surface area contributed by atoms with Gasteiger partial charge in [0.2, 0.25) is 5.91 Å². The van der Waals surface area contributed by atoms with Gasteiger partial charge in [-0.1, -0.05) is 19.9 Å². The number of nitrogens with one attached hydrogen (secondary N) is 1. The van der Waals surface area contributed by atoms with E-state index < -0.39 is 14.5 Å². The third kappa shape index (κ3) is 4.08. The first-order valence-electron chi connectivity index (χ1n) is 7.62. The molecule has 0 fully saturated rings. The fourth-order valence-electron chi connectivity index (χ4n) is 2.67. The van der Waals surface area contributed by atoms with E-state index >= 15 is 0 Å². The third-order valence-corrected chi connectivity index (χ3v) is 5.26. The van der Waals surface area contributed by atoms with Crippen LogP contribution in [0.5, 0.6) is 0 Å². The molecule has 1 heterocycles. The lowest BCUT2D eigenvalue weighted by Crippen LogP contribution is -2.37. The van der Waals surface area contributed by atoms with Gasteiger partial charge in [0.05, 0.1) is 12.3 Å². The van der Waals surface area contributed by atoms with Crippen LogP contribution >= 0.6 is 10.7 Å². The quantitative estimate of drug-likeness (QED) is 0.633. The van der Waals surface area contributed by atoms with E-state index in [0.717, 1.165) is 0 Å². The van der Waals surface area contributed by atoms with Crippen LogP contribution in [0.15, 0.2) is 17.0 Å². The molecule has 0 spiro atoms. The zero-order chi connectivity index (χ0) is 18.1. The number of aryl methyl sites for hydroxylation is 1. The molecular formula is C16H20ClNO5S. The highest BCUT2D eigenvalue weighted by atomic mass is 35.7. The fraction of sp³-hybridized carbons (Fsp3) is 0.500. The Hall–Kier alpha value is -1.60. The van der Waals surface area contributed by atoms with E-state index in [1.54, 1.807) is 26.8 Å². The summed E-state index contributed by atoms with van der Waals surface area (Å²) in [6.45, 7) is 5.58. The summed E-state index contributed by atoms with van der Waals surface area (Å²) in [4.78, 5) is 23.5. The molecule has 0 radical (unpaired) electrons. The van der Waals surface area contributed by atoms with Crippen molar-refractivity contribution in [3.63, 3.8) is 0 Å². The molecule has 2 rings (SSSR count). The molecule has 1 aromatic rings. The maximum atomic E-state index is 12.1. The number of ether oxygens (including phenoxy) is 1. The van der Waals surface area contributed by atoms with Gasteiger partial charge < -0.3 is 10.1 Å². The van der Waals surface area contributed by atoms with Crippen molar-refractivity contribution < 1.29 is 22.7 Å². The Morgan fingerprint density at radius 1 is 1.38 bits per heavy atom. The van der Waals surface area contributed by atoms with Crippen LogP contribution in [0.1, 0.15) is 38.3 Å². The number of anilines is 1. The highest BCUT2D eigenvalue weighted by Crippen LogP contribution is 2.39. The first kappa shape index (κ1) is 18.7. The molecule has 132 valence electrons. The molecule has 8 heteroatoms. The second-order valence-electron chi connectivity index (χ2n) is 6.39. The Balaban J connectivity index is 2.43. The number of esters is 1. The molecule has 6 nitrogen and oxygen atoms in total. The van der Waals surface area contributed by atoms with E-state index in [4.69, 9.17) is 15.4 Å². The SMILES string of the molecule is CCOC(=O)CCc1cc2c(c(S(=O)(=O)Cl)c1)NC(=O)C(C)(C)C2. The summed E-state index contributed by atoms with van der Waals surface area (Å²) in [5.74, 6) is -0.602. The molecule has 24 heavy (non-hydrogen) atoms. The van der Waals surface area contributed by atoms with E-state index in [0.29, 0.717) is 30.6 Å². The second-order valence-corrected chi connectivity index (χ2v) is 8.92. The van der Waals surface area contributed by atoms with Gasteiger partial charge in [0.15, 0.2) is 0 Å². The smallest absolute Gasteiger partial charge is 0.306 e. The maximum absolute atomic E-state index is 12.1. The number of hydrogen-bond donors (Lipinski definition) is 1. The summed E-state index contributed by atoms with van der Waals surface area (Å²) in [6.07, 6.45) is 0.866. The minimum atomic E-state index is -4.03. The summed E-state index contributed by atoms with van der Waals surface area (Å²) in [5, 5.41) is 2.64. The van der Waals surface area contributed by atoms with Crippen LogP contribution < -0.4 is 5.32 Å². The Bertz CT molecular complexity index is 786. The van der Waals surface area contributed by atoms with Crippen molar-refractivity contribution in [2.24, 2.45) is 5.41 Å². The molecule has 1 aliphatic heterocycles. The molecular weight excluding hydrogens is 354 g/mol. The molecule has 0 aliphatic carbocycles. The fourth-order valence-corrected chi connectivity index (χ4v) is 3.76. The lowest BCUT2D eigenvalue weighted by molar-refractivity contribution is -0.143. The first-order valence-corrected chi connectivity index (χ1v) is 9.93. The van der Waals surface area contributed by atoms with Crippen LogP contribution in [0, 0.1) is 5.41 Å². The average molecular weight is 374 g/mol. The average Bonchev–Trinajstić information content (AvgIpc) is 2.44. The molecule has 0 aromatic heterocycles. The number of halogens is 1. The Morgan fingerprint density at radius 2 is 2.04 bits per heavy atom. The van der Waals surface area contributed by atoms with Crippen molar-refractivity contribution in [1.82, 2.24) is 0 Å². The highest BCUT2D eigenvalue weighted by molar-refractivity contribution is 8.13. The number of rotatable bonds is 5. The minimum Gasteiger partial charge on any atom is -0.466 e. The summed E-state index contributed by atoms with van der Waals surface area (Å²) < 4.78 is 28.7. The van der Waals surface area contributed by atoms with E-state index in [1.807, 2.05) is 0 Å². The van der Waals surface area contributed by atoms with Gasteiger partial charge in [-0.3, -0.25) is 9.59 Å². The largest absolute Gasteiger partial charge is 0.466 e. The van der Waals surface area contributed by atoms with Crippen LogP contribution in [0.4, 0.5) is 5.69 Å². The van der Waals surface area contributed by atoms with E-state index in [9.17, 15) is 18.0 Å². The van der Waals surface area contributed by atoms with E-state index in [2.05, 4.69) is 5.32 Å². The predicted octanol–water partition coefficient (Wildman–Crippen LogP) is 2.63. The maximum Gasteiger partial charge on any atom is 0.306 e. The summed E-state index contributed by atoms with van der Waals surface area (Å²) in [6, 6.07) is 3.21. The summed E-state index contributed by atoms with van der Waals surface area (Å²) in [5.41, 5.74) is 0.933. The Kier molecular flexibility index (Phi) is 5.25. The topological polar surface area (TPSA) is 89.5 Å². The lowest BCUT2D eigenvalue weighted by Gasteiger charge is -2.31. The van der Waals surface area contributed by atoms with Gasteiger partial charge in [0.25, 0.3) is 9.05 Å². The van der Waals surface area contributed by atoms with Gasteiger partial charge in [-0.15, -0.1) is 0 Å². The van der Waals surface area contributed by atoms with Crippen molar-refractivity contribution >= 4 is 37.3 Å². The highest BCUT2D eigenvalue weighted by Gasteiger charge is 2.36. The number of carbonyl (C=O) groups excluding carboxylic acids is 2. The van der Waals surface area contributed by atoms with Gasteiger partial charge in [-0.25, -0.2) is 8.42 Å². The van der Waals surface area contributed by atoms with Crippen LogP contribution in [0.3, 0.4) is 0 Å². The van der Waals surface area contributed by atoms with E-state index in [1.165, 1.54) is 6.07 Å². The first-order chi connectivity index (χ1) is 11.0. The molecule has 0 saturated carbocycles.